The number of Topliss-reactive ketones (excluding diaryl/α,β-unsaturated/α-hetero) is 1. The van der Waals surface area contributed by atoms with Crippen molar-refractivity contribution in [2.75, 3.05) is 0 Å². The van der Waals surface area contributed by atoms with Gasteiger partial charge in [0.2, 0.25) is 0 Å². The zero-order valence-electron chi connectivity index (χ0n) is 16.2. The van der Waals surface area contributed by atoms with E-state index in [1.54, 1.807) is 0 Å². The second-order valence-electron chi connectivity index (χ2n) is 7.83. The maximum absolute atomic E-state index is 12.8. The third-order valence-electron chi connectivity index (χ3n) is 5.83. The molecule has 0 N–H and O–H groups in total. The summed E-state index contributed by atoms with van der Waals surface area (Å²) in [6.45, 7) is 4.15. The average molecular weight is 361 g/mol. The number of hydrogen-bond donors (Lipinski definition) is 0. The van der Waals surface area contributed by atoms with E-state index < -0.39 is 0 Å². The fraction of sp³-hybridized carbons (Fsp3) is 0.435. The summed E-state index contributed by atoms with van der Waals surface area (Å²) in [5.41, 5.74) is 7.11. The molecule has 0 spiro atoms. The largest absolute Gasteiger partial charge is 0.307 e. The molecule has 27 heavy (non-hydrogen) atoms. The maximum Gasteiger partial charge on any atom is 0.137 e. The molecule has 1 aliphatic rings. The number of aryl methyl sites for hydroxylation is 5. The third-order valence-corrected chi connectivity index (χ3v) is 5.83. The Hall–Kier alpha value is -2.49. The summed E-state index contributed by atoms with van der Waals surface area (Å²) in [6, 6.07) is 6.30. The van der Waals surface area contributed by atoms with E-state index in [4.69, 9.17) is 0 Å². The van der Waals surface area contributed by atoms with Crippen LogP contribution in [-0.2, 0) is 24.1 Å². The lowest BCUT2D eigenvalue weighted by atomic mass is 9.91. The quantitative estimate of drug-likeness (QED) is 0.632. The second kappa shape index (κ2) is 7.63. The molecule has 4 rings (SSSR count). The zero-order valence-corrected chi connectivity index (χ0v) is 16.2. The molecular weight excluding hydrogens is 334 g/mol. The number of hydrogen-bond acceptors (Lipinski definition) is 3. The van der Waals surface area contributed by atoms with Crippen LogP contribution in [0.4, 0.5) is 0 Å². The van der Waals surface area contributed by atoms with Crippen LogP contribution in [0.2, 0.25) is 0 Å². The summed E-state index contributed by atoms with van der Waals surface area (Å²) < 4.78 is 2.09. The lowest BCUT2D eigenvalue weighted by Crippen LogP contribution is -2.15. The van der Waals surface area contributed by atoms with Gasteiger partial charge in [-0.1, -0.05) is 6.07 Å². The van der Waals surface area contributed by atoms with E-state index in [0.717, 1.165) is 49.9 Å². The minimum atomic E-state index is 0.194. The molecule has 0 radical (unpaired) electrons. The van der Waals surface area contributed by atoms with Crippen molar-refractivity contribution in [3.05, 3.63) is 64.9 Å². The SMILES string of the molecule is Cc1cn2cc(CCCC(=O)C3CCc4cccnc4CC3)c(C)cc2n1. The van der Waals surface area contributed by atoms with Crippen LogP contribution < -0.4 is 0 Å². The Morgan fingerprint density at radius 3 is 2.96 bits per heavy atom. The van der Waals surface area contributed by atoms with E-state index in [1.807, 2.05) is 19.2 Å². The first-order valence-corrected chi connectivity index (χ1v) is 10.0. The standard InChI is InChI=1S/C23H27N3O/c1-16-13-23-25-17(2)14-26(23)15-20(16)5-3-7-22(27)19-9-8-18-6-4-12-24-21(18)11-10-19/h4,6,12-15,19H,3,5,7-11H2,1-2H3. The van der Waals surface area contributed by atoms with Crippen molar-refractivity contribution in [1.82, 2.24) is 14.4 Å². The molecule has 0 aliphatic heterocycles. The molecule has 1 atom stereocenters. The van der Waals surface area contributed by atoms with Gasteiger partial charge in [0.05, 0.1) is 5.69 Å². The highest BCUT2D eigenvalue weighted by atomic mass is 16.1. The molecule has 3 aromatic rings. The van der Waals surface area contributed by atoms with Crippen molar-refractivity contribution >= 4 is 11.4 Å². The van der Waals surface area contributed by atoms with Crippen LogP contribution in [0.3, 0.4) is 0 Å². The van der Waals surface area contributed by atoms with E-state index in [0.29, 0.717) is 12.2 Å². The summed E-state index contributed by atoms with van der Waals surface area (Å²) in [7, 11) is 0. The van der Waals surface area contributed by atoms with Crippen molar-refractivity contribution in [1.29, 1.82) is 0 Å². The molecule has 0 aromatic carbocycles. The molecule has 140 valence electrons. The van der Waals surface area contributed by atoms with Gasteiger partial charge in [-0.2, -0.15) is 0 Å². The Bertz CT molecular complexity index is 946. The maximum atomic E-state index is 12.8. The fourth-order valence-corrected chi connectivity index (χ4v) is 4.25. The smallest absolute Gasteiger partial charge is 0.137 e. The first kappa shape index (κ1) is 17.9. The summed E-state index contributed by atoms with van der Waals surface area (Å²) in [6.07, 6.45) is 12.5. The van der Waals surface area contributed by atoms with Crippen molar-refractivity contribution < 1.29 is 4.79 Å². The molecule has 3 aromatic heterocycles. The molecule has 1 unspecified atom stereocenters. The highest BCUT2D eigenvalue weighted by Crippen LogP contribution is 2.25. The number of carbonyl (C=O) groups is 1. The summed E-state index contributed by atoms with van der Waals surface area (Å²) in [5, 5.41) is 0. The minimum absolute atomic E-state index is 0.194. The van der Waals surface area contributed by atoms with Crippen LogP contribution in [0.15, 0.2) is 36.8 Å². The van der Waals surface area contributed by atoms with Crippen molar-refractivity contribution in [2.24, 2.45) is 5.92 Å². The first-order chi connectivity index (χ1) is 13.1. The number of carbonyl (C=O) groups excluding carboxylic acids is 1. The lowest BCUT2D eigenvalue weighted by Gasteiger charge is -2.13. The average Bonchev–Trinajstić information content (AvgIpc) is 2.88. The van der Waals surface area contributed by atoms with Gasteiger partial charge < -0.3 is 4.40 Å². The number of fused-ring (bicyclic) bond motifs is 2. The zero-order chi connectivity index (χ0) is 18.8. The van der Waals surface area contributed by atoms with Crippen LogP contribution in [-0.4, -0.2) is 20.2 Å². The van der Waals surface area contributed by atoms with Gasteiger partial charge in [0.15, 0.2) is 0 Å². The molecule has 4 heteroatoms. The molecule has 0 fully saturated rings. The first-order valence-electron chi connectivity index (χ1n) is 10.0. The topological polar surface area (TPSA) is 47.3 Å². The predicted molar refractivity (Wildman–Crippen MR) is 107 cm³/mol. The molecule has 1 aliphatic carbocycles. The Kier molecular flexibility index (Phi) is 5.06. The molecule has 0 bridgehead atoms. The van der Waals surface area contributed by atoms with Crippen LogP contribution >= 0.6 is 0 Å². The van der Waals surface area contributed by atoms with Crippen LogP contribution in [0, 0.1) is 19.8 Å². The summed E-state index contributed by atoms with van der Waals surface area (Å²) in [4.78, 5) is 21.8. The molecule has 0 amide bonds. The number of ketones is 1. The normalized spacial score (nSPS) is 16.9. The summed E-state index contributed by atoms with van der Waals surface area (Å²) >= 11 is 0. The number of aromatic nitrogens is 3. The van der Waals surface area contributed by atoms with Gasteiger partial charge in [0, 0.05) is 36.6 Å². The molecular formula is C23H27N3O. The number of rotatable bonds is 5. The molecule has 3 heterocycles. The van der Waals surface area contributed by atoms with Crippen LogP contribution in [0.5, 0.6) is 0 Å². The lowest BCUT2D eigenvalue weighted by molar-refractivity contribution is -0.123. The Labute approximate surface area is 160 Å². The Morgan fingerprint density at radius 1 is 1.22 bits per heavy atom. The second-order valence-corrected chi connectivity index (χ2v) is 7.83. The highest BCUT2D eigenvalue weighted by Gasteiger charge is 2.22. The van der Waals surface area contributed by atoms with Gasteiger partial charge in [0.1, 0.15) is 11.4 Å². The number of imidazole rings is 1. The Morgan fingerprint density at radius 2 is 2.07 bits per heavy atom. The van der Waals surface area contributed by atoms with Gasteiger partial charge >= 0.3 is 0 Å². The van der Waals surface area contributed by atoms with Crippen molar-refractivity contribution in [2.45, 2.75) is 58.8 Å². The van der Waals surface area contributed by atoms with E-state index in [1.165, 1.54) is 22.4 Å². The summed E-state index contributed by atoms with van der Waals surface area (Å²) in [5.74, 6) is 0.624. The van der Waals surface area contributed by atoms with Crippen molar-refractivity contribution in [3.8, 4) is 0 Å². The van der Waals surface area contributed by atoms with E-state index >= 15 is 0 Å². The fourth-order valence-electron chi connectivity index (χ4n) is 4.25. The van der Waals surface area contributed by atoms with Gasteiger partial charge in [-0.05, 0) is 81.2 Å². The van der Waals surface area contributed by atoms with Gasteiger partial charge in [-0.15, -0.1) is 0 Å². The Balaban J connectivity index is 1.34. The molecule has 0 saturated heterocycles. The van der Waals surface area contributed by atoms with Crippen LogP contribution in [0.25, 0.3) is 5.65 Å². The van der Waals surface area contributed by atoms with Gasteiger partial charge in [-0.3, -0.25) is 9.78 Å². The van der Waals surface area contributed by atoms with E-state index in [9.17, 15) is 4.79 Å². The van der Waals surface area contributed by atoms with Crippen LogP contribution in [0.1, 0.15) is 53.8 Å². The van der Waals surface area contributed by atoms with Crippen molar-refractivity contribution in [3.63, 3.8) is 0 Å². The molecule has 4 nitrogen and oxygen atoms in total. The number of nitrogens with zero attached hydrogens (tertiary/aromatic N) is 3. The minimum Gasteiger partial charge on any atom is -0.307 e. The predicted octanol–water partition coefficient (Wildman–Crippen LogP) is 4.43. The number of pyridine rings is 2. The highest BCUT2D eigenvalue weighted by molar-refractivity contribution is 5.81. The van der Waals surface area contributed by atoms with Gasteiger partial charge in [0.25, 0.3) is 0 Å². The molecule has 0 saturated carbocycles. The van der Waals surface area contributed by atoms with E-state index in [2.05, 4.69) is 45.8 Å². The van der Waals surface area contributed by atoms with E-state index in [-0.39, 0.29) is 5.92 Å². The van der Waals surface area contributed by atoms with Gasteiger partial charge in [-0.25, -0.2) is 4.98 Å². The third kappa shape index (κ3) is 3.95. The monoisotopic (exact) mass is 361 g/mol.